The maximum atomic E-state index is 12.7. The molecule has 7 heteroatoms. The zero-order chi connectivity index (χ0) is 19.0. The number of carbonyl (C=O) groups is 2. The number of imide groups is 1. The van der Waals surface area contributed by atoms with Crippen molar-refractivity contribution in [1.82, 2.24) is 10.3 Å². The van der Waals surface area contributed by atoms with Crippen molar-refractivity contribution in [2.24, 2.45) is 0 Å². The number of amides is 2. The minimum absolute atomic E-state index is 0.107. The number of rotatable bonds is 5. The van der Waals surface area contributed by atoms with Crippen LogP contribution in [0.2, 0.25) is 10.0 Å². The minimum Gasteiger partial charge on any atom is -0.361 e. The van der Waals surface area contributed by atoms with E-state index in [-0.39, 0.29) is 23.3 Å². The molecule has 4 rings (SSSR count). The number of hydrogen-bond acceptors (Lipinski definition) is 3. The van der Waals surface area contributed by atoms with Gasteiger partial charge in [-0.3, -0.25) is 9.59 Å². The molecular formula is C20H17Cl2N3O2. The Hall–Kier alpha value is -2.34. The summed E-state index contributed by atoms with van der Waals surface area (Å²) in [7, 11) is 0. The summed E-state index contributed by atoms with van der Waals surface area (Å²) in [6, 6.07) is 12.4. The van der Waals surface area contributed by atoms with Gasteiger partial charge in [0.25, 0.3) is 5.91 Å². The van der Waals surface area contributed by atoms with E-state index in [1.807, 2.05) is 24.4 Å². The third-order valence-corrected chi connectivity index (χ3v) is 5.59. The second-order valence-electron chi connectivity index (χ2n) is 6.46. The van der Waals surface area contributed by atoms with E-state index in [1.54, 1.807) is 18.2 Å². The number of aromatic nitrogens is 1. The van der Waals surface area contributed by atoms with Crippen molar-refractivity contribution in [3.05, 3.63) is 64.3 Å². The molecule has 0 radical (unpaired) electrons. The molecule has 2 heterocycles. The number of halogens is 2. The normalized spacial score (nSPS) is 17.3. The third-order valence-electron chi connectivity index (χ3n) is 4.78. The van der Waals surface area contributed by atoms with E-state index in [0.717, 1.165) is 16.8 Å². The summed E-state index contributed by atoms with van der Waals surface area (Å²) < 4.78 is 0. The first-order valence-electron chi connectivity index (χ1n) is 8.65. The highest BCUT2D eigenvalue weighted by Crippen LogP contribution is 2.35. The number of H-pyrrole nitrogens is 1. The molecule has 1 fully saturated rings. The Bertz CT molecular complexity index is 1030. The Morgan fingerprint density at radius 1 is 1.11 bits per heavy atom. The van der Waals surface area contributed by atoms with E-state index in [9.17, 15) is 9.59 Å². The van der Waals surface area contributed by atoms with E-state index >= 15 is 0 Å². The Kier molecular flexibility index (Phi) is 4.91. The van der Waals surface area contributed by atoms with Crippen LogP contribution in [-0.4, -0.2) is 29.4 Å². The van der Waals surface area contributed by atoms with Crippen LogP contribution in [0.1, 0.15) is 12.0 Å². The average molecular weight is 402 g/mol. The summed E-state index contributed by atoms with van der Waals surface area (Å²) in [5.41, 5.74) is 2.59. The molecule has 2 aromatic carbocycles. The summed E-state index contributed by atoms with van der Waals surface area (Å²) >= 11 is 12.2. The molecule has 0 spiro atoms. The number of aromatic amines is 1. The fourth-order valence-electron chi connectivity index (χ4n) is 3.43. The zero-order valence-corrected chi connectivity index (χ0v) is 15.8. The number of carbonyl (C=O) groups excluding carboxylic acids is 2. The molecule has 1 unspecified atom stereocenters. The van der Waals surface area contributed by atoms with Crippen LogP contribution in [0, 0.1) is 0 Å². The highest BCUT2D eigenvalue weighted by Gasteiger charge is 2.40. The van der Waals surface area contributed by atoms with Crippen molar-refractivity contribution in [2.75, 3.05) is 11.4 Å². The van der Waals surface area contributed by atoms with Gasteiger partial charge in [0, 0.05) is 23.6 Å². The van der Waals surface area contributed by atoms with Gasteiger partial charge in [-0.1, -0.05) is 47.5 Å². The predicted octanol–water partition coefficient (Wildman–Crippen LogP) is 3.94. The number of fused-ring (bicyclic) bond motifs is 1. The number of nitrogens with one attached hydrogen (secondary N) is 2. The summed E-state index contributed by atoms with van der Waals surface area (Å²) in [5, 5.41) is 4.88. The van der Waals surface area contributed by atoms with Gasteiger partial charge in [-0.2, -0.15) is 0 Å². The van der Waals surface area contributed by atoms with Crippen molar-refractivity contribution >= 4 is 51.6 Å². The van der Waals surface area contributed by atoms with Crippen LogP contribution in [0.5, 0.6) is 0 Å². The van der Waals surface area contributed by atoms with Gasteiger partial charge >= 0.3 is 0 Å². The van der Waals surface area contributed by atoms with Crippen molar-refractivity contribution in [3.8, 4) is 0 Å². The molecule has 1 aliphatic rings. The number of para-hydroxylation sites is 1. The van der Waals surface area contributed by atoms with Gasteiger partial charge in [-0.15, -0.1) is 0 Å². The highest BCUT2D eigenvalue weighted by atomic mass is 35.5. The lowest BCUT2D eigenvalue weighted by Gasteiger charge is -2.17. The van der Waals surface area contributed by atoms with Crippen molar-refractivity contribution < 1.29 is 9.59 Å². The zero-order valence-electron chi connectivity index (χ0n) is 14.3. The first-order valence-corrected chi connectivity index (χ1v) is 9.41. The van der Waals surface area contributed by atoms with Gasteiger partial charge in [0.15, 0.2) is 0 Å². The van der Waals surface area contributed by atoms with Gasteiger partial charge in [0.1, 0.15) is 0 Å². The number of nitrogens with zero attached hydrogens (tertiary/aromatic N) is 1. The standard InChI is InChI=1S/C20H17Cl2N3O2/c21-14-5-3-7-17(19(14)22)25-18(26)10-16(20(25)27)23-9-8-12-11-24-15-6-2-1-4-13(12)15/h1-7,11,16,23-24H,8-10H2. The van der Waals surface area contributed by atoms with E-state index in [0.29, 0.717) is 17.3 Å². The smallest absolute Gasteiger partial charge is 0.251 e. The molecule has 27 heavy (non-hydrogen) atoms. The lowest BCUT2D eigenvalue weighted by Crippen LogP contribution is -2.39. The summed E-state index contributed by atoms with van der Waals surface area (Å²) in [6.45, 7) is 0.586. The Morgan fingerprint density at radius 2 is 1.93 bits per heavy atom. The molecule has 2 N–H and O–H groups in total. The first kappa shape index (κ1) is 18.0. The van der Waals surface area contributed by atoms with Gasteiger partial charge in [0.05, 0.1) is 28.2 Å². The molecule has 5 nitrogen and oxygen atoms in total. The predicted molar refractivity (Wildman–Crippen MR) is 107 cm³/mol. The molecular weight excluding hydrogens is 385 g/mol. The minimum atomic E-state index is -0.558. The van der Waals surface area contributed by atoms with Crippen molar-refractivity contribution in [2.45, 2.75) is 18.9 Å². The molecule has 1 aromatic heterocycles. The van der Waals surface area contributed by atoms with Gasteiger partial charge in [-0.05, 0) is 30.2 Å². The van der Waals surface area contributed by atoms with Crippen LogP contribution in [0.25, 0.3) is 10.9 Å². The quantitative estimate of drug-likeness (QED) is 0.636. The highest BCUT2D eigenvalue weighted by molar-refractivity contribution is 6.44. The number of hydrogen-bond donors (Lipinski definition) is 2. The van der Waals surface area contributed by atoms with Crippen molar-refractivity contribution in [1.29, 1.82) is 0 Å². The Labute approximate surface area is 166 Å². The fraction of sp³-hybridized carbons (Fsp3) is 0.200. The summed E-state index contributed by atoms with van der Waals surface area (Å²) in [5.74, 6) is -0.586. The van der Waals surface area contributed by atoms with Crippen molar-refractivity contribution in [3.63, 3.8) is 0 Å². The maximum absolute atomic E-state index is 12.7. The largest absolute Gasteiger partial charge is 0.361 e. The van der Waals surface area contributed by atoms with Gasteiger partial charge in [0.2, 0.25) is 5.91 Å². The van der Waals surface area contributed by atoms with E-state index in [4.69, 9.17) is 23.2 Å². The second-order valence-corrected chi connectivity index (χ2v) is 7.25. The lowest BCUT2D eigenvalue weighted by molar-refractivity contribution is -0.121. The van der Waals surface area contributed by atoms with Crippen LogP contribution in [0.4, 0.5) is 5.69 Å². The molecule has 1 aliphatic heterocycles. The topological polar surface area (TPSA) is 65.2 Å². The molecule has 0 aliphatic carbocycles. The molecule has 1 saturated heterocycles. The molecule has 0 bridgehead atoms. The SMILES string of the molecule is O=C1CC(NCCc2c[nH]c3ccccc23)C(=O)N1c1cccc(Cl)c1Cl. The summed E-state index contributed by atoms with van der Waals surface area (Å²) in [4.78, 5) is 29.5. The first-order chi connectivity index (χ1) is 13.1. The van der Waals surface area contributed by atoms with Crippen LogP contribution in [0.15, 0.2) is 48.7 Å². The third kappa shape index (κ3) is 3.34. The monoisotopic (exact) mass is 401 g/mol. The Balaban J connectivity index is 1.44. The van der Waals surface area contributed by atoms with E-state index < -0.39 is 6.04 Å². The number of anilines is 1. The molecule has 2 amide bonds. The van der Waals surface area contributed by atoms with Crippen LogP contribution < -0.4 is 10.2 Å². The van der Waals surface area contributed by atoms with Crippen LogP contribution in [0.3, 0.4) is 0 Å². The molecule has 3 aromatic rings. The maximum Gasteiger partial charge on any atom is 0.251 e. The lowest BCUT2D eigenvalue weighted by atomic mass is 10.1. The fourth-order valence-corrected chi connectivity index (χ4v) is 3.81. The molecule has 138 valence electrons. The molecule has 1 atom stereocenters. The number of benzene rings is 2. The summed E-state index contributed by atoms with van der Waals surface area (Å²) in [6.07, 6.45) is 2.83. The van der Waals surface area contributed by atoms with Gasteiger partial charge < -0.3 is 10.3 Å². The Morgan fingerprint density at radius 3 is 2.78 bits per heavy atom. The average Bonchev–Trinajstić information content (AvgIpc) is 3.19. The van der Waals surface area contributed by atoms with Crippen LogP contribution >= 0.6 is 23.2 Å². The van der Waals surface area contributed by atoms with Crippen LogP contribution in [-0.2, 0) is 16.0 Å². The molecule has 0 saturated carbocycles. The second kappa shape index (κ2) is 7.35. The van der Waals surface area contributed by atoms with E-state index in [2.05, 4.69) is 16.4 Å². The van der Waals surface area contributed by atoms with E-state index in [1.165, 1.54) is 10.9 Å². The van der Waals surface area contributed by atoms with Gasteiger partial charge in [-0.25, -0.2) is 4.90 Å².